The van der Waals surface area contributed by atoms with Crippen molar-refractivity contribution >= 4 is 17.2 Å². The predicted molar refractivity (Wildman–Crippen MR) is 84.0 cm³/mol. The first kappa shape index (κ1) is 14.4. The first-order valence-corrected chi connectivity index (χ1v) is 7.70. The summed E-state index contributed by atoms with van der Waals surface area (Å²) in [5.74, 6) is 0.472. The number of thiophene rings is 1. The van der Waals surface area contributed by atoms with Gasteiger partial charge in [0.05, 0.1) is 6.54 Å². The lowest BCUT2D eigenvalue weighted by atomic mass is 10.2. The molecule has 6 nitrogen and oxygen atoms in total. The molecular formula is C15H15N5OS. The lowest BCUT2D eigenvalue weighted by molar-refractivity contribution is -0.131. The minimum atomic E-state index is -0.0505. The molecule has 1 amide bonds. The molecule has 0 N–H and O–H groups in total. The van der Waals surface area contributed by atoms with E-state index in [1.165, 1.54) is 4.80 Å². The molecule has 0 radical (unpaired) electrons. The van der Waals surface area contributed by atoms with E-state index < -0.39 is 0 Å². The highest BCUT2D eigenvalue weighted by molar-refractivity contribution is 7.09. The molecule has 0 unspecified atom stereocenters. The minimum absolute atomic E-state index is 0.0505. The fourth-order valence-corrected chi connectivity index (χ4v) is 2.74. The summed E-state index contributed by atoms with van der Waals surface area (Å²) in [4.78, 5) is 16.3. The molecule has 0 saturated heterocycles. The minimum Gasteiger partial charge on any atom is -0.339 e. The van der Waals surface area contributed by atoms with Gasteiger partial charge < -0.3 is 4.90 Å². The van der Waals surface area contributed by atoms with Crippen molar-refractivity contribution in [3.05, 3.63) is 52.7 Å². The molecule has 0 bridgehead atoms. The van der Waals surface area contributed by atoms with E-state index >= 15 is 0 Å². The van der Waals surface area contributed by atoms with Crippen LogP contribution in [0.5, 0.6) is 0 Å². The molecule has 0 aliphatic rings. The van der Waals surface area contributed by atoms with E-state index in [-0.39, 0.29) is 12.5 Å². The third kappa shape index (κ3) is 3.37. The summed E-state index contributed by atoms with van der Waals surface area (Å²) >= 11 is 1.63. The summed E-state index contributed by atoms with van der Waals surface area (Å²) in [6.07, 6.45) is 0. The van der Waals surface area contributed by atoms with Crippen LogP contribution < -0.4 is 0 Å². The van der Waals surface area contributed by atoms with Crippen molar-refractivity contribution in [2.45, 2.75) is 13.1 Å². The molecule has 2 heterocycles. The van der Waals surface area contributed by atoms with Crippen molar-refractivity contribution in [3.63, 3.8) is 0 Å². The Hall–Kier alpha value is -2.54. The maximum Gasteiger partial charge on any atom is 0.246 e. The van der Waals surface area contributed by atoms with Crippen LogP contribution in [0.1, 0.15) is 4.88 Å². The maximum absolute atomic E-state index is 12.2. The quantitative estimate of drug-likeness (QED) is 0.723. The Morgan fingerprint density at radius 1 is 1.23 bits per heavy atom. The Kier molecular flexibility index (Phi) is 4.24. The van der Waals surface area contributed by atoms with E-state index in [4.69, 9.17) is 0 Å². The largest absolute Gasteiger partial charge is 0.339 e. The smallest absolute Gasteiger partial charge is 0.246 e. The second-order valence-corrected chi connectivity index (χ2v) is 5.87. The Morgan fingerprint density at radius 2 is 2.05 bits per heavy atom. The number of hydrogen-bond acceptors (Lipinski definition) is 5. The van der Waals surface area contributed by atoms with Gasteiger partial charge in [0.25, 0.3) is 0 Å². The standard InChI is InChI=1S/C15H15N5OS/c1-19(10-13-8-5-9-22-13)14(21)11-20-17-15(16-18-20)12-6-3-2-4-7-12/h2-9H,10-11H2,1H3. The van der Waals surface area contributed by atoms with Crippen LogP contribution in [-0.2, 0) is 17.9 Å². The molecule has 1 aromatic carbocycles. The monoisotopic (exact) mass is 313 g/mol. The van der Waals surface area contributed by atoms with Crippen molar-refractivity contribution in [3.8, 4) is 11.4 Å². The highest BCUT2D eigenvalue weighted by Gasteiger charge is 2.13. The third-order valence-corrected chi connectivity index (χ3v) is 4.02. The van der Waals surface area contributed by atoms with Gasteiger partial charge in [-0.3, -0.25) is 4.79 Å². The molecule has 0 atom stereocenters. The first-order valence-electron chi connectivity index (χ1n) is 6.82. The number of aromatic nitrogens is 4. The summed E-state index contributed by atoms with van der Waals surface area (Å²) in [6, 6.07) is 13.6. The van der Waals surface area contributed by atoms with Crippen LogP contribution in [-0.4, -0.2) is 38.1 Å². The number of amides is 1. The number of likely N-dealkylation sites (N-methyl/N-ethyl adjacent to an activating group) is 1. The van der Waals surface area contributed by atoms with E-state index in [0.717, 1.165) is 10.4 Å². The number of hydrogen-bond donors (Lipinski definition) is 0. The van der Waals surface area contributed by atoms with Gasteiger partial charge in [-0.1, -0.05) is 36.4 Å². The lowest BCUT2D eigenvalue weighted by Gasteiger charge is -2.15. The number of nitrogens with zero attached hydrogens (tertiary/aromatic N) is 5. The van der Waals surface area contributed by atoms with Gasteiger partial charge in [0.2, 0.25) is 11.7 Å². The number of tetrazole rings is 1. The lowest BCUT2D eigenvalue weighted by Crippen LogP contribution is -2.30. The fourth-order valence-electron chi connectivity index (χ4n) is 1.98. The molecule has 0 aliphatic carbocycles. The maximum atomic E-state index is 12.2. The summed E-state index contributed by atoms with van der Waals surface area (Å²) in [7, 11) is 1.77. The van der Waals surface area contributed by atoms with Crippen molar-refractivity contribution in [1.29, 1.82) is 0 Å². The molecule has 2 aromatic heterocycles. The van der Waals surface area contributed by atoms with Crippen LogP contribution in [0.15, 0.2) is 47.8 Å². The molecule has 0 spiro atoms. The molecule has 22 heavy (non-hydrogen) atoms. The number of benzene rings is 1. The van der Waals surface area contributed by atoms with Crippen LogP contribution in [0, 0.1) is 0 Å². The van der Waals surface area contributed by atoms with Crippen molar-refractivity contribution in [2.24, 2.45) is 0 Å². The Bertz CT molecular complexity index is 738. The highest BCUT2D eigenvalue weighted by Crippen LogP contribution is 2.13. The predicted octanol–water partition coefficient (Wildman–Crippen LogP) is 2.06. The van der Waals surface area contributed by atoms with Gasteiger partial charge in [0.15, 0.2) is 0 Å². The average molecular weight is 313 g/mol. The van der Waals surface area contributed by atoms with E-state index in [0.29, 0.717) is 12.4 Å². The van der Waals surface area contributed by atoms with Crippen LogP contribution in [0.2, 0.25) is 0 Å². The van der Waals surface area contributed by atoms with Gasteiger partial charge in [0.1, 0.15) is 6.54 Å². The number of rotatable bonds is 5. The highest BCUT2D eigenvalue weighted by atomic mass is 32.1. The summed E-state index contributed by atoms with van der Waals surface area (Å²) in [5.41, 5.74) is 0.883. The zero-order chi connectivity index (χ0) is 15.4. The summed E-state index contributed by atoms with van der Waals surface area (Å²) < 4.78 is 0. The van der Waals surface area contributed by atoms with Gasteiger partial charge in [-0.05, 0) is 16.7 Å². The van der Waals surface area contributed by atoms with Gasteiger partial charge in [-0.2, -0.15) is 4.80 Å². The SMILES string of the molecule is CN(Cc1cccs1)C(=O)Cn1nnc(-c2ccccc2)n1. The molecule has 0 aliphatic heterocycles. The zero-order valence-electron chi connectivity index (χ0n) is 12.1. The van der Waals surface area contributed by atoms with E-state index in [1.807, 2.05) is 47.8 Å². The van der Waals surface area contributed by atoms with Crippen LogP contribution in [0.4, 0.5) is 0 Å². The van der Waals surface area contributed by atoms with Gasteiger partial charge in [0, 0.05) is 17.5 Å². The van der Waals surface area contributed by atoms with Crippen LogP contribution >= 0.6 is 11.3 Å². The first-order chi connectivity index (χ1) is 10.7. The zero-order valence-corrected chi connectivity index (χ0v) is 12.9. The average Bonchev–Trinajstić information content (AvgIpc) is 3.20. The topological polar surface area (TPSA) is 63.9 Å². The van der Waals surface area contributed by atoms with Crippen molar-refractivity contribution in [1.82, 2.24) is 25.1 Å². The normalized spacial score (nSPS) is 10.6. The number of carbonyl (C=O) groups is 1. The molecule has 0 fully saturated rings. The second kappa shape index (κ2) is 6.48. The van der Waals surface area contributed by atoms with Gasteiger partial charge in [-0.25, -0.2) is 0 Å². The van der Waals surface area contributed by atoms with Crippen LogP contribution in [0.3, 0.4) is 0 Å². The fraction of sp³-hybridized carbons (Fsp3) is 0.200. The molecule has 7 heteroatoms. The summed E-state index contributed by atoms with van der Waals surface area (Å²) in [6.45, 7) is 0.679. The van der Waals surface area contributed by atoms with Crippen molar-refractivity contribution < 1.29 is 4.79 Å². The molecule has 3 rings (SSSR count). The van der Waals surface area contributed by atoms with Gasteiger partial charge in [-0.15, -0.1) is 21.5 Å². The molecule has 0 saturated carbocycles. The second-order valence-electron chi connectivity index (χ2n) is 4.84. The molecular weight excluding hydrogens is 298 g/mol. The third-order valence-electron chi connectivity index (χ3n) is 3.16. The van der Waals surface area contributed by atoms with Crippen LogP contribution in [0.25, 0.3) is 11.4 Å². The molecule has 3 aromatic rings. The van der Waals surface area contributed by atoms with E-state index in [1.54, 1.807) is 23.3 Å². The Labute approximate surface area is 132 Å². The Balaban J connectivity index is 1.63. The summed E-state index contributed by atoms with van der Waals surface area (Å²) in [5, 5.41) is 14.2. The van der Waals surface area contributed by atoms with Gasteiger partial charge >= 0.3 is 0 Å². The van der Waals surface area contributed by atoms with Crippen molar-refractivity contribution in [2.75, 3.05) is 7.05 Å². The Morgan fingerprint density at radius 3 is 2.77 bits per heavy atom. The van der Waals surface area contributed by atoms with E-state index in [2.05, 4.69) is 15.4 Å². The molecule has 112 valence electrons. The number of carbonyl (C=O) groups excluding carboxylic acids is 1. The van der Waals surface area contributed by atoms with E-state index in [9.17, 15) is 4.79 Å².